The summed E-state index contributed by atoms with van der Waals surface area (Å²) in [4.78, 5) is 18.0. The van der Waals surface area contributed by atoms with Gasteiger partial charge in [0.25, 0.3) is 0 Å². The first-order chi connectivity index (χ1) is 16.5. The lowest BCUT2D eigenvalue weighted by atomic mass is 10.1. The fraction of sp³-hybridized carbons (Fsp3) is 0.200. The molecule has 174 valence electrons. The van der Waals surface area contributed by atoms with E-state index in [1.807, 2.05) is 30.3 Å². The van der Waals surface area contributed by atoms with Gasteiger partial charge in [0, 0.05) is 24.5 Å². The first-order valence-electron chi connectivity index (χ1n) is 10.7. The van der Waals surface area contributed by atoms with Crippen molar-refractivity contribution in [3.63, 3.8) is 0 Å². The summed E-state index contributed by atoms with van der Waals surface area (Å²) >= 11 is 0. The maximum Gasteiger partial charge on any atom is 0.341 e. The van der Waals surface area contributed by atoms with E-state index in [1.165, 1.54) is 11.9 Å². The van der Waals surface area contributed by atoms with Crippen molar-refractivity contribution in [2.75, 3.05) is 20.3 Å². The van der Waals surface area contributed by atoms with Crippen LogP contribution in [0.15, 0.2) is 59.6 Å². The van der Waals surface area contributed by atoms with Crippen LogP contribution in [0.4, 0.5) is 5.69 Å². The zero-order valence-electron chi connectivity index (χ0n) is 18.8. The molecule has 2 N–H and O–H groups in total. The molecule has 0 amide bonds. The Balaban J connectivity index is 1.81. The third-order valence-corrected chi connectivity index (χ3v) is 5.10. The van der Waals surface area contributed by atoms with Gasteiger partial charge in [0.2, 0.25) is 0 Å². The van der Waals surface area contributed by atoms with Crippen LogP contribution >= 0.6 is 0 Å². The molecule has 0 radical (unpaired) electrons. The summed E-state index contributed by atoms with van der Waals surface area (Å²) in [5.74, 6) is -0.283. The first-order valence-corrected chi connectivity index (χ1v) is 10.7. The number of phenolic OH excluding ortho intramolecular Hbond substituents is 1. The normalized spacial score (nSPS) is 11.3. The quantitative estimate of drug-likeness (QED) is 0.305. The van der Waals surface area contributed by atoms with Crippen LogP contribution in [0.3, 0.4) is 0 Å². The van der Waals surface area contributed by atoms with Crippen LogP contribution in [0.1, 0.15) is 28.4 Å². The largest absolute Gasteiger partial charge is 0.505 e. The van der Waals surface area contributed by atoms with Gasteiger partial charge in [-0.1, -0.05) is 18.2 Å². The second-order valence-electron chi connectivity index (χ2n) is 7.37. The number of carbonyl (C=O) groups is 1. The second kappa shape index (κ2) is 10.1. The lowest BCUT2D eigenvalue weighted by Gasteiger charge is -2.09. The highest BCUT2D eigenvalue weighted by atomic mass is 16.5. The van der Waals surface area contributed by atoms with Crippen LogP contribution in [0.5, 0.6) is 11.5 Å². The Morgan fingerprint density at radius 2 is 1.85 bits per heavy atom. The number of methoxy groups -OCH3 is 1. The van der Waals surface area contributed by atoms with E-state index < -0.39 is 5.97 Å². The molecule has 4 aromatic rings. The van der Waals surface area contributed by atoms with Crippen molar-refractivity contribution < 1.29 is 24.5 Å². The lowest BCUT2D eigenvalue weighted by molar-refractivity contribution is 0.0523. The number of ether oxygens (including phenoxy) is 2. The van der Waals surface area contributed by atoms with E-state index in [4.69, 9.17) is 9.47 Å². The minimum atomic E-state index is -0.525. The molecule has 0 aliphatic carbocycles. The van der Waals surface area contributed by atoms with Crippen molar-refractivity contribution in [2.45, 2.75) is 13.3 Å². The zero-order chi connectivity index (χ0) is 24.1. The number of aliphatic hydroxyl groups is 1. The fourth-order valence-corrected chi connectivity index (χ4v) is 3.47. The molecular weight excluding hydrogens is 436 g/mol. The highest BCUT2D eigenvalue weighted by Crippen LogP contribution is 2.30. The number of carbonyl (C=O) groups excluding carboxylic acids is 1. The van der Waals surface area contributed by atoms with Gasteiger partial charge < -0.3 is 19.7 Å². The van der Waals surface area contributed by atoms with Crippen LogP contribution in [0, 0.1) is 0 Å². The number of aliphatic hydroxyl groups excluding tert-OH is 1. The van der Waals surface area contributed by atoms with Crippen LogP contribution in [0.25, 0.3) is 16.7 Å². The number of aromatic hydroxyl groups is 1. The van der Waals surface area contributed by atoms with Crippen molar-refractivity contribution in [1.29, 1.82) is 0 Å². The molecule has 0 saturated heterocycles. The number of fused-ring (bicyclic) bond motifs is 1. The van der Waals surface area contributed by atoms with Gasteiger partial charge >= 0.3 is 5.97 Å². The van der Waals surface area contributed by atoms with Gasteiger partial charge in [-0.2, -0.15) is 0 Å². The Kier molecular flexibility index (Phi) is 6.84. The van der Waals surface area contributed by atoms with Gasteiger partial charge in [0.1, 0.15) is 28.0 Å². The molecule has 1 aromatic heterocycles. The van der Waals surface area contributed by atoms with Gasteiger partial charge in [0.05, 0.1) is 19.4 Å². The SMILES string of the molecule is CCOC(=O)c1cc2nn(-c3cc(CCO)cc(C=Nc4ccccc4)c3O)nc2cc1OC. The number of rotatable bonds is 8. The molecule has 9 heteroatoms. The predicted molar refractivity (Wildman–Crippen MR) is 128 cm³/mol. The third kappa shape index (κ3) is 4.74. The zero-order valence-corrected chi connectivity index (χ0v) is 18.8. The van der Waals surface area contributed by atoms with Crippen molar-refractivity contribution in [1.82, 2.24) is 15.0 Å². The summed E-state index contributed by atoms with van der Waals surface area (Å²) in [6.45, 7) is 1.89. The van der Waals surface area contributed by atoms with Gasteiger partial charge in [-0.15, -0.1) is 15.0 Å². The number of esters is 1. The third-order valence-electron chi connectivity index (χ3n) is 5.10. The van der Waals surface area contributed by atoms with Crippen molar-refractivity contribution in [3.8, 4) is 17.2 Å². The number of para-hydroxylation sites is 1. The van der Waals surface area contributed by atoms with E-state index in [1.54, 1.807) is 37.4 Å². The molecule has 0 bridgehead atoms. The van der Waals surface area contributed by atoms with Crippen LogP contribution in [-0.2, 0) is 11.2 Å². The average molecular weight is 460 g/mol. The first kappa shape index (κ1) is 22.9. The molecule has 0 aliphatic rings. The minimum Gasteiger partial charge on any atom is -0.505 e. The maximum absolute atomic E-state index is 12.3. The molecule has 0 aliphatic heterocycles. The Hall–Kier alpha value is -4.24. The van der Waals surface area contributed by atoms with E-state index in [0.29, 0.717) is 34.5 Å². The monoisotopic (exact) mass is 460 g/mol. The molecule has 4 rings (SSSR count). The summed E-state index contributed by atoms with van der Waals surface area (Å²) in [7, 11) is 1.46. The van der Waals surface area contributed by atoms with Crippen LogP contribution in [0.2, 0.25) is 0 Å². The molecular formula is C25H24N4O5. The Bertz CT molecular complexity index is 1350. The number of hydrogen-bond acceptors (Lipinski definition) is 8. The Morgan fingerprint density at radius 1 is 1.12 bits per heavy atom. The molecule has 0 atom stereocenters. The van der Waals surface area contributed by atoms with E-state index in [9.17, 15) is 15.0 Å². The highest BCUT2D eigenvalue weighted by molar-refractivity contribution is 5.97. The smallest absolute Gasteiger partial charge is 0.341 e. The van der Waals surface area contributed by atoms with Gasteiger partial charge in [-0.3, -0.25) is 4.99 Å². The Morgan fingerprint density at radius 3 is 2.53 bits per heavy atom. The van der Waals surface area contributed by atoms with E-state index in [-0.39, 0.29) is 24.5 Å². The van der Waals surface area contributed by atoms with E-state index in [2.05, 4.69) is 15.2 Å². The average Bonchev–Trinajstić information content (AvgIpc) is 3.27. The predicted octanol–water partition coefficient (Wildman–Crippen LogP) is 3.60. The van der Waals surface area contributed by atoms with Gasteiger partial charge in [0.15, 0.2) is 5.75 Å². The van der Waals surface area contributed by atoms with Gasteiger partial charge in [-0.05, 0) is 49.2 Å². The number of aromatic nitrogens is 3. The molecule has 3 aromatic carbocycles. The van der Waals surface area contributed by atoms with Gasteiger partial charge in [-0.25, -0.2) is 4.79 Å². The van der Waals surface area contributed by atoms with E-state index >= 15 is 0 Å². The van der Waals surface area contributed by atoms with Crippen LogP contribution in [-0.4, -0.2) is 57.7 Å². The number of benzene rings is 3. The molecule has 0 saturated carbocycles. The standard InChI is InChI=1S/C25H24N4O5/c1-3-34-25(32)19-13-20-21(14-23(19)33-2)28-29(27-20)22-12-16(9-10-30)11-17(24(22)31)15-26-18-7-5-4-6-8-18/h4-8,11-15,30-31H,3,9-10H2,1-2H3. The maximum atomic E-state index is 12.3. The number of nitrogens with zero attached hydrogens (tertiary/aromatic N) is 4. The lowest BCUT2D eigenvalue weighted by Crippen LogP contribution is -2.06. The number of aliphatic imine (C=N–C) groups is 1. The molecule has 1 heterocycles. The molecule has 9 nitrogen and oxygen atoms in total. The fourth-order valence-electron chi connectivity index (χ4n) is 3.47. The summed E-state index contributed by atoms with van der Waals surface area (Å²) in [5.41, 5.74) is 3.40. The van der Waals surface area contributed by atoms with Crippen molar-refractivity contribution in [3.05, 3.63) is 71.3 Å². The number of phenols is 1. The summed E-state index contributed by atoms with van der Waals surface area (Å²) in [6, 6.07) is 15.9. The van der Waals surface area contributed by atoms with Crippen LogP contribution < -0.4 is 4.74 Å². The summed E-state index contributed by atoms with van der Waals surface area (Å²) in [5, 5.41) is 29.4. The topological polar surface area (TPSA) is 119 Å². The minimum absolute atomic E-state index is 0.0614. The van der Waals surface area contributed by atoms with Crippen molar-refractivity contribution >= 4 is 28.9 Å². The highest BCUT2D eigenvalue weighted by Gasteiger charge is 2.19. The second-order valence-corrected chi connectivity index (χ2v) is 7.37. The molecule has 0 unspecified atom stereocenters. The summed E-state index contributed by atoms with van der Waals surface area (Å²) < 4.78 is 10.4. The van der Waals surface area contributed by atoms with E-state index in [0.717, 1.165) is 11.3 Å². The summed E-state index contributed by atoms with van der Waals surface area (Å²) in [6.07, 6.45) is 1.93. The molecule has 0 fully saturated rings. The molecule has 0 spiro atoms. The number of hydrogen-bond donors (Lipinski definition) is 2. The van der Waals surface area contributed by atoms with Crippen molar-refractivity contribution in [2.24, 2.45) is 4.99 Å². The Labute approximate surface area is 195 Å². The molecule has 34 heavy (non-hydrogen) atoms.